The molecule has 0 radical (unpaired) electrons. The van der Waals surface area contributed by atoms with Crippen molar-refractivity contribution in [2.75, 3.05) is 13.1 Å². The number of carbonyl (C=O) groups excluding carboxylic acids is 1. The van der Waals surface area contributed by atoms with Crippen molar-refractivity contribution in [1.82, 2.24) is 9.62 Å². The van der Waals surface area contributed by atoms with Gasteiger partial charge in [-0.2, -0.15) is 5.26 Å². The van der Waals surface area contributed by atoms with E-state index in [1.165, 1.54) is 24.3 Å². The molecule has 7 heteroatoms. The van der Waals surface area contributed by atoms with Crippen LogP contribution >= 0.6 is 0 Å². The molecule has 6 nitrogen and oxygen atoms in total. The molecule has 0 aliphatic carbocycles. The molecule has 0 heterocycles. The van der Waals surface area contributed by atoms with Gasteiger partial charge in [0.05, 0.1) is 11.0 Å². The van der Waals surface area contributed by atoms with Crippen LogP contribution in [0.4, 0.5) is 0 Å². The predicted octanol–water partition coefficient (Wildman–Crippen LogP) is 3.76. The van der Waals surface area contributed by atoms with Crippen molar-refractivity contribution in [2.24, 2.45) is 0 Å². The lowest BCUT2D eigenvalue weighted by Gasteiger charge is -2.23. The van der Waals surface area contributed by atoms with Gasteiger partial charge in [-0.25, -0.2) is 13.1 Å². The summed E-state index contributed by atoms with van der Waals surface area (Å²) in [5, 5.41) is 8.58. The first-order chi connectivity index (χ1) is 15.5. The molecule has 0 aromatic heterocycles. The van der Waals surface area contributed by atoms with Gasteiger partial charge in [0.15, 0.2) is 0 Å². The van der Waals surface area contributed by atoms with Crippen LogP contribution in [0.2, 0.25) is 0 Å². The maximum Gasteiger partial charge on any atom is 0.254 e. The zero-order valence-electron chi connectivity index (χ0n) is 17.6. The Morgan fingerprint density at radius 2 is 1.47 bits per heavy atom. The molecule has 3 aromatic rings. The first kappa shape index (κ1) is 23.2. The summed E-state index contributed by atoms with van der Waals surface area (Å²) in [6, 6.07) is 27.5. The first-order valence-electron chi connectivity index (χ1n) is 10.3. The van der Waals surface area contributed by atoms with Gasteiger partial charge in [-0.1, -0.05) is 60.7 Å². The highest BCUT2D eigenvalue weighted by Gasteiger charge is 2.18. The fraction of sp³-hybridized carbons (Fsp3) is 0.200. The molecule has 3 aromatic carbocycles. The van der Waals surface area contributed by atoms with E-state index in [2.05, 4.69) is 4.72 Å². The van der Waals surface area contributed by atoms with Gasteiger partial charge in [0, 0.05) is 31.6 Å². The molecule has 3 rings (SSSR count). The maximum atomic E-state index is 13.3. The van der Waals surface area contributed by atoms with E-state index < -0.39 is 10.0 Å². The summed E-state index contributed by atoms with van der Waals surface area (Å²) >= 11 is 0. The van der Waals surface area contributed by atoms with Gasteiger partial charge in [-0.05, 0) is 41.8 Å². The second kappa shape index (κ2) is 11.2. The minimum atomic E-state index is -3.72. The molecule has 32 heavy (non-hydrogen) atoms. The summed E-state index contributed by atoms with van der Waals surface area (Å²) < 4.78 is 27.0. The molecule has 0 saturated heterocycles. The van der Waals surface area contributed by atoms with Crippen molar-refractivity contribution in [3.05, 3.63) is 102 Å². The normalized spacial score (nSPS) is 11.0. The van der Waals surface area contributed by atoms with E-state index in [1.54, 1.807) is 4.90 Å². The highest BCUT2D eigenvalue weighted by Crippen LogP contribution is 2.15. The molecule has 164 valence electrons. The zero-order chi connectivity index (χ0) is 22.8. The van der Waals surface area contributed by atoms with Crippen molar-refractivity contribution in [3.63, 3.8) is 0 Å². The SMILES string of the molecule is N#CCCNS(=O)(=O)c1ccc(C(=O)N(CCc2ccccc2)Cc2ccccc2)cc1. The van der Waals surface area contributed by atoms with E-state index in [0.29, 0.717) is 25.1 Å². The summed E-state index contributed by atoms with van der Waals surface area (Å²) in [5.41, 5.74) is 2.59. The third-order valence-electron chi connectivity index (χ3n) is 4.96. The smallest absolute Gasteiger partial charge is 0.254 e. The molecule has 1 N–H and O–H groups in total. The number of hydrogen-bond donors (Lipinski definition) is 1. The average molecular weight is 448 g/mol. The number of nitrogens with zero attached hydrogens (tertiary/aromatic N) is 2. The highest BCUT2D eigenvalue weighted by atomic mass is 32.2. The quantitative estimate of drug-likeness (QED) is 0.479. The highest BCUT2D eigenvalue weighted by molar-refractivity contribution is 7.89. The minimum Gasteiger partial charge on any atom is -0.334 e. The lowest BCUT2D eigenvalue weighted by Crippen LogP contribution is -2.32. The lowest BCUT2D eigenvalue weighted by molar-refractivity contribution is 0.0745. The van der Waals surface area contributed by atoms with Crippen molar-refractivity contribution < 1.29 is 13.2 Å². The Morgan fingerprint density at radius 3 is 2.06 bits per heavy atom. The van der Waals surface area contributed by atoms with Crippen molar-refractivity contribution in [2.45, 2.75) is 24.3 Å². The van der Waals surface area contributed by atoms with Crippen LogP contribution < -0.4 is 4.72 Å². The molecule has 0 fully saturated rings. The van der Waals surface area contributed by atoms with E-state index in [9.17, 15) is 13.2 Å². The van der Waals surface area contributed by atoms with Crippen LogP contribution in [0.1, 0.15) is 27.9 Å². The summed E-state index contributed by atoms with van der Waals surface area (Å²) in [6.45, 7) is 1.04. The summed E-state index contributed by atoms with van der Waals surface area (Å²) in [4.78, 5) is 15.1. The Balaban J connectivity index is 1.76. The standard InChI is InChI=1S/C25H25N3O3S/c26-17-7-18-27-32(30,31)24-14-12-23(13-15-24)25(29)28(20-22-10-5-2-6-11-22)19-16-21-8-3-1-4-9-21/h1-6,8-15,27H,7,16,18-20H2. The van der Waals surface area contributed by atoms with Crippen molar-refractivity contribution in [3.8, 4) is 6.07 Å². The minimum absolute atomic E-state index is 0.0455. The monoisotopic (exact) mass is 447 g/mol. The molecule has 0 atom stereocenters. The van der Waals surface area contributed by atoms with Crippen molar-refractivity contribution in [1.29, 1.82) is 5.26 Å². The molecule has 0 bridgehead atoms. The van der Waals surface area contributed by atoms with Crippen LogP contribution in [0.25, 0.3) is 0 Å². The van der Waals surface area contributed by atoms with Crippen LogP contribution in [0, 0.1) is 11.3 Å². The molecule has 0 aliphatic rings. The van der Waals surface area contributed by atoms with E-state index in [1.807, 2.05) is 66.7 Å². The fourth-order valence-corrected chi connectivity index (χ4v) is 4.28. The molecule has 0 spiro atoms. The third-order valence-corrected chi connectivity index (χ3v) is 6.43. The molecular formula is C25H25N3O3S. The molecule has 1 amide bonds. The fourth-order valence-electron chi connectivity index (χ4n) is 3.25. The second-order valence-corrected chi connectivity index (χ2v) is 9.05. The van der Waals surface area contributed by atoms with Gasteiger partial charge in [-0.15, -0.1) is 0 Å². The van der Waals surface area contributed by atoms with Crippen LogP contribution in [-0.2, 0) is 23.0 Å². The van der Waals surface area contributed by atoms with Crippen LogP contribution in [-0.4, -0.2) is 32.3 Å². The molecule has 0 saturated carbocycles. The van der Waals surface area contributed by atoms with Crippen molar-refractivity contribution >= 4 is 15.9 Å². The summed E-state index contributed by atoms with van der Waals surface area (Å²) in [5.74, 6) is -0.161. The first-order valence-corrected chi connectivity index (χ1v) is 11.8. The maximum absolute atomic E-state index is 13.3. The van der Waals surface area contributed by atoms with Crippen LogP contribution in [0.5, 0.6) is 0 Å². The van der Waals surface area contributed by atoms with E-state index in [0.717, 1.165) is 11.1 Å². The second-order valence-electron chi connectivity index (χ2n) is 7.28. The number of nitriles is 1. The van der Waals surface area contributed by atoms with Gasteiger partial charge in [0.1, 0.15) is 0 Å². The summed E-state index contributed by atoms with van der Waals surface area (Å²) in [7, 11) is -3.72. The number of sulfonamides is 1. The largest absolute Gasteiger partial charge is 0.334 e. The van der Waals surface area contributed by atoms with Gasteiger partial charge in [0.2, 0.25) is 10.0 Å². The Kier molecular flexibility index (Phi) is 8.14. The topological polar surface area (TPSA) is 90.3 Å². The number of nitrogens with one attached hydrogen (secondary N) is 1. The molecule has 0 aliphatic heterocycles. The number of hydrogen-bond acceptors (Lipinski definition) is 4. The molecule has 0 unspecified atom stereocenters. The number of rotatable bonds is 10. The summed E-state index contributed by atoms with van der Waals surface area (Å²) in [6.07, 6.45) is 0.806. The number of carbonyl (C=O) groups is 1. The Morgan fingerprint density at radius 1 is 0.875 bits per heavy atom. The van der Waals surface area contributed by atoms with E-state index in [4.69, 9.17) is 5.26 Å². The van der Waals surface area contributed by atoms with Crippen LogP contribution in [0.3, 0.4) is 0 Å². The van der Waals surface area contributed by atoms with E-state index in [-0.39, 0.29) is 23.8 Å². The third kappa shape index (κ3) is 6.51. The average Bonchev–Trinajstić information content (AvgIpc) is 2.83. The Bertz CT molecular complexity index is 1160. The number of benzene rings is 3. The van der Waals surface area contributed by atoms with Gasteiger partial charge >= 0.3 is 0 Å². The number of amides is 1. The van der Waals surface area contributed by atoms with Gasteiger partial charge < -0.3 is 4.90 Å². The Labute approximate surface area is 189 Å². The lowest BCUT2D eigenvalue weighted by atomic mass is 10.1. The Hall–Kier alpha value is -3.47. The van der Waals surface area contributed by atoms with E-state index >= 15 is 0 Å². The van der Waals surface area contributed by atoms with Gasteiger partial charge in [0.25, 0.3) is 5.91 Å². The van der Waals surface area contributed by atoms with Crippen LogP contribution in [0.15, 0.2) is 89.8 Å². The molecular weight excluding hydrogens is 422 g/mol. The zero-order valence-corrected chi connectivity index (χ0v) is 18.5. The van der Waals surface area contributed by atoms with Gasteiger partial charge in [-0.3, -0.25) is 4.79 Å². The predicted molar refractivity (Wildman–Crippen MR) is 123 cm³/mol.